The Bertz CT molecular complexity index is 640. The van der Waals surface area contributed by atoms with Crippen LogP contribution in [0, 0.1) is 0 Å². The van der Waals surface area contributed by atoms with E-state index in [-0.39, 0.29) is 0 Å². The highest BCUT2D eigenvalue weighted by molar-refractivity contribution is 5.47. The number of nitrogens with zero attached hydrogens (tertiary/aromatic N) is 2. The van der Waals surface area contributed by atoms with Gasteiger partial charge in [-0.25, -0.2) is 9.97 Å². The third-order valence-corrected chi connectivity index (χ3v) is 3.30. The molecule has 2 aromatic carbocycles. The van der Waals surface area contributed by atoms with Crippen LogP contribution >= 0.6 is 0 Å². The van der Waals surface area contributed by atoms with Crippen molar-refractivity contribution in [1.82, 2.24) is 9.97 Å². The Labute approximate surface area is 130 Å². The first-order valence-corrected chi connectivity index (χ1v) is 7.28. The van der Waals surface area contributed by atoms with E-state index in [4.69, 9.17) is 0 Å². The Kier molecular flexibility index (Phi) is 4.62. The molecule has 110 valence electrons. The predicted molar refractivity (Wildman–Crippen MR) is 89.6 cm³/mol. The van der Waals surface area contributed by atoms with E-state index in [1.807, 2.05) is 42.5 Å². The molecule has 3 aromatic rings. The van der Waals surface area contributed by atoms with Crippen LogP contribution in [-0.2, 0) is 13.1 Å². The van der Waals surface area contributed by atoms with E-state index < -0.39 is 0 Å². The molecule has 2 N–H and O–H groups in total. The number of hydrogen-bond acceptors (Lipinski definition) is 4. The highest BCUT2D eigenvalue weighted by atomic mass is 15.1. The summed E-state index contributed by atoms with van der Waals surface area (Å²) in [5.74, 6) is 1.63. The van der Waals surface area contributed by atoms with Gasteiger partial charge in [-0.05, 0) is 11.1 Å². The van der Waals surface area contributed by atoms with E-state index in [1.165, 1.54) is 11.1 Å². The number of nitrogens with one attached hydrogen (secondary N) is 2. The molecule has 22 heavy (non-hydrogen) atoms. The first-order chi connectivity index (χ1) is 10.9. The maximum Gasteiger partial charge on any atom is 0.131 e. The number of benzene rings is 2. The zero-order chi connectivity index (χ0) is 15.0. The van der Waals surface area contributed by atoms with E-state index in [2.05, 4.69) is 44.9 Å². The van der Waals surface area contributed by atoms with Crippen molar-refractivity contribution in [1.29, 1.82) is 0 Å². The van der Waals surface area contributed by atoms with Crippen LogP contribution < -0.4 is 10.6 Å². The quantitative estimate of drug-likeness (QED) is 0.727. The first-order valence-electron chi connectivity index (χ1n) is 7.28. The largest absolute Gasteiger partial charge is 0.366 e. The Morgan fingerprint density at radius 2 is 1.09 bits per heavy atom. The molecule has 4 nitrogen and oxygen atoms in total. The van der Waals surface area contributed by atoms with E-state index >= 15 is 0 Å². The van der Waals surface area contributed by atoms with Gasteiger partial charge in [0.1, 0.15) is 18.0 Å². The van der Waals surface area contributed by atoms with E-state index in [0.717, 1.165) is 24.7 Å². The smallest absolute Gasteiger partial charge is 0.131 e. The summed E-state index contributed by atoms with van der Waals surface area (Å²) < 4.78 is 0. The van der Waals surface area contributed by atoms with Gasteiger partial charge in [0.15, 0.2) is 0 Å². The molecular formula is C18H18N4. The summed E-state index contributed by atoms with van der Waals surface area (Å²) in [4.78, 5) is 8.49. The van der Waals surface area contributed by atoms with Crippen molar-refractivity contribution in [3.05, 3.63) is 84.2 Å². The van der Waals surface area contributed by atoms with Gasteiger partial charge >= 0.3 is 0 Å². The van der Waals surface area contributed by atoms with Gasteiger partial charge in [0, 0.05) is 19.2 Å². The van der Waals surface area contributed by atoms with Crippen LogP contribution in [0.4, 0.5) is 11.6 Å². The third kappa shape index (κ3) is 4.06. The maximum absolute atomic E-state index is 4.25. The molecule has 0 bridgehead atoms. The lowest BCUT2D eigenvalue weighted by Crippen LogP contribution is -2.05. The summed E-state index contributed by atoms with van der Waals surface area (Å²) in [7, 11) is 0. The average molecular weight is 290 g/mol. The average Bonchev–Trinajstić information content (AvgIpc) is 2.60. The summed E-state index contributed by atoms with van der Waals surface area (Å²) in [6, 6.07) is 22.4. The third-order valence-electron chi connectivity index (χ3n) is 3.30. The van der Waals surface area contributed by atoms with Gasteiger partial charge in [-0.15, -0.1) is 0 Å². The van der Waals surface area contributed by atoms with Crippen LogP contribution in [0.5, 0.6) is 0 Å². The summed E-state index contributed by atoms with van der Waals surface area (Å²) in [6.45, 7) is 1.49. The van der Waals surface area contributed by atoms with Crippen LogP contribution in [0.15, 0.2) is 73.1 Å². The highest BCUT2D eigenvalue weighted by Gasteiger charge is 1.99. The van der Waals surface area contributed by atoms with Gasteiger partial charge < -0.3 is 10.6 Å². The monoisotopic (exact) mass is 290 g/mol. The van der Waals surface area contributed by atoms with Gasteiger partial charge in [0.05, 0.1) is 0 Å². The van der Waals surface area contributed by atoms with Crippen molar-refractivity contribution >= 4 is 11.6 Å². The first kappa shape index (κ1) is 14.1. The van der Waals surface area contributed by atoms with Crippen molar-refractivity contribution in [2.75, 3.05) is 10.6 Å². The van der Waals surface area contributed by atoms with Gasteiger partial charge in [0.25, 0.3) is 0 Å². The molecule has 3 rings (SSSR count). The Balaban J connectivity index is 1.58. The second-order valence-corrected chi connectivity index (χ2v) is 4.97. The summed E-state index contributed by atoms with van der Waals surface area (Å²) in [6.07, 6.45) is 1.57. The van der Waals surface area contributed by atoms with Crippen molar-refractivity contribution in [3.63, 3.8) is 0 Å². The number of anilines is 2. The van der Waals surface area contributed by atoms with Gasteiger partial charge in [-0.1, -0.05) is 60.7 Å². The fraction of sp³-hybridized carbons (Fsp3) is 0.111. The molecule has 4 heteroatoms. The summed E-state index contributed by atoms with van der Waals surface area (Å²) in [5.41, 5.74) is 2.44. The fourth-order valence-corrected chi connectivity index (χ4v) is 2.13. The van der Waals surface area contributed by atoms with Gasteiger partial charge in [-0.2, -0.15) is 0 Å². The molecule has 0 atom stereocenters. The number of rotatable bonds is 6. The lowest BCUT2D eigenvalue weighted by atomic mass is 10.2. The number of aromatic nitrogens is 2. The van der Waals surface area contributed by atoms with E-state index in [0.29, 0.717) is 0 Å². The molecule has 0 amide bonds. The maximum atomic E-state index is 4.25. The molecule has 0 saturated carbocycles. The summed E-state index contributed by atoms with van der Waals surface area (Å²) in [5, 5.41) is 6.62. The second kappa shape index (κ2) is 7.22. The van der Waals surface area contributed by atoms with Crippen LogP contribution in [0.25, 0.3) is 0 Å². The zero-order valence-corrected chi connectivity index (χ0v) is 12.2. The normalized spacial score (nSPS) is 10.2. The van der Waals surface area contributed by atoms with Crippen LogP contribution in [0.2, 0.25) is 0 Å². The van der Waals surface area contributed by atoms with Crippen molar-refractivity contribution in [2.24, 2.45) is 0 Å². The van der Waals surface area contributed by atoms with Crippen LogP contribution in [-0.4, -0.2) is 9.97 Å². The molecule has 0 fully saturated rings. The SMILES string of the molecule is c1ccc(CNc2cc(NCc3ccccc3)ncn2)cc1. The minimum absolute atomic E-state index is 0.746. The van der Waals surface area contributed by atoms with Crippen LogP contribution in [0.1, 0.15) is 11.1 Å². The molecular weight excluding hydrogens is 272 g/mol. The zero-order valence-electron chi connectivity index (χ0n) is 12.2. The number of hydrogen-bond donors (Lipinski definition) is 2. The molecule has 0 aliphatic heterocycles. The van der Waals surface area contributed by atoms with Gasteiger partial charge in [-0.3, -0.25) is 0 Å². The predicted octanol–water partition coefficient (Wildman–Crippen LogP) is 3.70. The van der Waals surface area contributed by atoms with E-state index in [1.54, 1.807) is 6.33 Å². The van der Waals surface area contributed by atoms with Crippen molar-refractivity contribution in [3.8, 4) is 0 Å². The van der Waals surface area contributed by atoms with E-state index in [9.17, 15) is 0 Å². The molecule has 0 spiro atoms. The topological polar surface area (TPSA) is 49.8 Å². The molecule has 1 heterocycles. The lowest BCUT2D eigenvalue weighted by Gasteiger charge is -2.09. The second-order valence-electron chi connectivity index (χ2n) is 4.97. The van der Waals surface area contributed by atoms with Gasteiger partial charge in [0.2, 0.25) is 0 Å². The highest BCUT2D eigenvalue weighted by Crippen LogP contribution is 2.11. The molecule has 0 aliphatic carbocycles. The standard InChI is InChI=1S/C18H18N4/c1-3-7-15(8-4-1)12-19-17-11-18(22-14-21-17)20-13-16-9-5-2-6-10-16/h1-11,14H,12-13H2,(H2,19,20,21,22). The Morgan fingerprint density at radius 3 is 1.55 bits per heavy atom. The lowest BCUT2D eigenvalue weighted by molar-refractivity contribution is 1.05. The fourth-order valence-electron chi connectivity index (χ4n) is 2.13. The summed E-state index contributed by atoms with van der Waals surface area (Å²) >= 11 is 0. The molecule has 0 unspecified atom stereocenters. The minimum atomic E-state index is 0.746. The Morgan fingerprint density at radius 1 is 0.636 bits per heavy atom. The van der Waals surface area contributed by atoms with Crippen LogP contribution in [0.3, 0.4) is 0 Å². The van der Waals surface area contributed by atoms with Crippen molar-refractivity contribution in [2.45, 2.75) is 13.1 Å². The minimum Gasteiger partial charge on any atom is -0.366 e. The molecule has 0 radical (unpaired) electrons. The molecule has 1 aromatic heterocycles. The molecule has 0 aliphatic rings. The Hall–Kier alpha value is -2.88. The molecule has 0 saturated heterocycles. The van der Waals surface area contributed by atoms with Crippen molar-refractivity contribution < 1.29 is 0 Å².